The van der Waals surface area contributed by atoms with Gasteiger partial charge in [0.2, 0.25) is 5.89 Å². The minimum Gasteiger partial charge on any atom is -0.456 e. The molecule has 0 fully saturated rings. The molecule has 0 radical (unpaired) electrons. The second kappa shape index (κ2) is 11.8. The monoisotopic (exact) mass is 698 g/mol. The van der Waals surface area contributed by atoms with Crippen LogP contribution in [0.1, 0.15) is 0 Å². The van der Waals surface area contributed by atoms with Crippen LogP contribution >= 0.6 is 11.3 Å². The Morgan fingerprint density at radius 1 is 0.396 bits per heavy atom. The first kappa shape index (κ1) is 29.7. The van der Waals surface area contributed by atoms with Gasteiger partial charge < -0.3 is 8.83 Å². The number of fused-ring (bicyclic) bond motifs is 7. The van der Waals surface area contributed by atoms with E-state index < -0.39 is 0 Å². The lowest BCUT2D eigenvalue weighted by molar-refractivity contribution is 0.620. The van der Waals surface area contributed by atoms with Crippen LogP contribution in [0.5, 0.6) is 0 Å². The molecule has 11 rings (SSSR count). The van der Waals surface area contributed by atoms with E-state index in [0.29, 0.717) is 34.5 Å². The van der Waals surface area contributed by atoms with Crippen molar-refractivity contribution >= 4 is 64.5 Å². The van der Waals surface area contributed by atoms with Crippen LogP contribution in [-0.4, -0.2) is 19.9 Å². The van der Waals surface area contributed by atoms with E-state index in [1.54, 1.807) is 11.3 Å². The van der Waals surface area contributed by atoms with Gasteiger partial charge in [0.15, 0.2) is 23.1 Å². The van der Waals surface area contributed by atoms with Crippen LogP contribution in [0.25, 0.3) is 110 Å². The Morgan fingerprint density at radius 2 is 1.04 bits per heavy atom. The highest BCUT2D eigenvalue weighted by Crippen LogP contribution is 2.45. The molecular formula is C46H26N4O2S. The van der Waals surface area contributed by atoms with Crippen molar-refractivity contribution in [1.82, 2.24) is 19.9 Å². The molecule has 4 heterocycles. The lowest BCUT2D eigenvalue weighted by atomic mass is 10.0. The number of rotatable bonds is 5. The summed E-state index contributed by atoms with van der Waals surface area (Å²) in [6.45, 7) is 0. The molecule has 4 aromatic heterocycles. The molecule has 11 aromatic rings. The van der Waals surface area contributed by atoms with Crippen LogP contribution in [-0.2, 0) is 0 Å². The summed E-state index contributed by atoms with van der Waals surface area (Å²) >= 11 is 1.72. The van der Waals surface area contributed by atoms with Crippen LogP contribution in [0.15, 0.2) is 167 Å². The molecule has 0 aliphatic carbocycles. The van der Waals surface area contributed by atoms with Crippen molar-refractivity contribution in [2.75, 3.05) is 0 Å². The topological polar surface area (TPSA) is 77.8 Å². The minimum absolute atomic E-state index is 0.525. The minimum atomic E-state index is 0.525. The van der Waals surface area contributed by atoms with Gasteiger partial charge in [-0.3, -0.25) is 0 Å². The zero-order valence-corrected chi connectivity index (χ0v) is 28.8. The maximum absolute atomic E-state index is 6.60. The van der Waals surface area contributed by atoms with Crippen LogP contribution in [0, 0.1) is 0 Å². The third-order valence-electron chi connectivity index (χ3n) is 9.80. The summed E-state index contributed by atoms with van der Waals surface area (Å²) in [5.74, 6) is 2.18. The zero-order valence-electron chi connectivity index (χ0n) is 28.0. The quantitative estimate of drug-likeness (QED) is 0.178. The first-order chi connectivity index (χ1) is 26.2. The molecule has 0 N–H and O–H groups in total. The van der Waals surface area contributed by atoms with E-state index in [1.165, 1.54) is 4.70 Å². The predicted molar refractivity (Wildman–Crippen MR) is 215 cm³/mol. The molecule has 0 aliphatic rings. The zero-order chi connectivity index (χ0) is 34.9. The lowest BCUT2D eigenvalue weighted by Gasteiger charge is -2.10. The van der Waals surface area contributed by atoms with Gasteiger partial charge in [0.25, 0.3) is 0 Å². The van der Waals surface area contributed by atoms with Gasteiger partial charge in [0.05, 0.1) is 5.56 Å². The molecule has 7 aromatic carbocycles. The van der Waals surface area contributed by atoms with Crippen molar-refractivity contribution in [3.05, 3.63) is 158 Å². The molecule has 0 atom stereocenters. The Bertz CT molecular complexity index is 3160. The molecule has 0 amide bonds. The summed E-state index contributed by atoms with van der Waals surface area (Å²) in [6, 6.07) is 53.4. The van der Waals surface area contributed by atoms with E-state index >= 15 is 0 Å². The van der Waals surface area contributed by atoms with Gasteiger partial charge in [-0.05, 0) is 41.5 Å². The number of aromatic nitrogens is 4. The predicted octanol–water partition coefficient (Wildman–Crippen LogP) is 12.6. The van der Waals surface area contributed by atoms with Gasteiger partial charge >= 0.3 is 0 Å². The fourth-order valence-electron chi connectivity index (χ4n) is 7.33. The Labute approximate surface area is 306 Å². The maximum atomic E-state index is 6.60. The van der Waals surface area contributed by atoms with Gasteiger partial charge in [-0.25, -0.2) is 19.9 Å². The number of oxazole rings is 1. The number of furan rings is 1. The Balaban J connectivity index is 1.19. The summed E-state index contributed by atoms with van der Waals surface area (Å²) < 4.78 is 15.1. The number of hydrogen-bond acceptors (Lipinski definition) is 7. The van der Waals surface area contributed by atoms with Crippen LogP contribution in [0.4, 0.5) is 0 Å². The second-order valence-corrected chi connectivity index (χ2v) is 14.1. The highest BCUT2D eigenvalue weighted by atomic mass is 32.1. The molecule has 0 spiro atoms. The van der Waals surface area contributed by atoms with E-state index in [9.17, 15) is 0 Å². The highest BCUT2D eigenvalue weighted by Gasteiger charge is 2.24. The van der Waals surface area contributed by atoms with Crippen molar-refractivity contribution in [3.63, 3.8) is 0 Å². The lowest BCUT2D eigenvalue weighted by Crippen LogP contribution is -2.01. The smallest absolute Gasteiger partial charge is 0.227 e. The summed E-state index contributed by atoms with van der Waals surface area (Å²) in [7, 11) is 0. The summed E-state index contributed by atoms with van der Waals surface area (Å²) in [6.07, 6.45) is 0. The normalized spacial score (nSPS) is 11.8. The van der Waals surface area contributed by atoms with Gasteiger partial charge in [-0.2, -0.15) is 0 Å². The molecule has 0 unspecified atom stereocenters. The second-order valence-electron chi connectivity index (χ2n) is 13.0. The van der Waals surface area contributed by atoms with Gasteiger partial charge in [0, 0.05) is 53.7 Å². The fraction of sp³-hybridized carbons (Fsp3) is 0. The Hall–Kier alpha value is -6.96. The summed E-state index contributed by atoms with van der Waals surface area (Å²) in [4.78, 5) is 20.9. The van der Waals surface area contributed by atoms with E-state index in [-0.39, 0.29) is 0 Å². The molecular weight excluding hydrogens is 673 g/mol. The van der Waals surface area contributed by atoms with Gasteiger partial charge in [-0.15, -0.1) is 11.3 Å². The Kier molecular flexibility index (Phi) is 6.62. The van der Waals surface area contributed by atoms with E-state index in [2.05, 4.69) is 91.0 Å². The summed E-state index contributed by atoms with van der Waals surface area (Å²) in [5, 5.41) is 4.13. The van der Waals surface area contributed by atoms with Crippen molar-refractivity contribution in [3.8, 4) is 56.7 Å². The average Bonchev–Trinajstić information content (AvgIpc) is 3.94. The molecule has 53 heavy (non-hydrogen) atoms. The van der Waals surface area contributed by atoms with Crippen molar-refractivity contribution < 1.29 is 8.83 Å². The largest absolute Gasteiger partial charge is 0.456 e. The van der Waals surface area contributed by atoms with E-state index in [4.69, 9.17) is 28.8 Å². The number of hydrogen-bond donors (Lipinski definition) is 0. The van der Waals surface area contributed by atoms with Gasteiger partial charge in [-0.1, -0.05) is 121 Å². The molecule has 248 valence electrons. The maximum Gasteiger partial charge on any atom is 0.227 e. The average molecular weight is 699 g/mol. The molecule has 0 aliphatic heterocycles. The SMILES string of the molecule is c1ccc(-c2ccc(-c3nc4c(-c5nc(-c6ccccc6)nc(-c6cccc7oc8ccccc8c67)n5)c5c(cc4o3)sc3ccccc35)cc2)cc1. The summed E-state index contributed by atoms with van der Waals surface area (Å²) in [5.41, 5.74) is 8.71. The van der Waals surface area contributed by atoms with Crippen LogP contribution in [0.3, 0.4) is 0 Å². The van der Waals surface area contributed by atoms with Gasteiger partial charge in [0.1, 0.15) is 16.7 Å². The van der Waals surface area contributed by atoms with Crippen molar-refractivity contribution in [2.24, 2.45) is 0 Å². The van der Waals surface area contributed by atoms with Crippen LogP contribution < -0.4 is 0 Å². The van der Waals surface area contributed by atoms with E-state index in [1.807, 2.05) is 66.7 Å². The number of thiophene rings is 1. The molecule has 6 nitrogen and oxygen atoms in total. The first-order valence-corrected chi connectivity index (χ1v) is 18.2. The third-order valence-corrected chi connectivity index (χ3v) is 10.9. The van der Waals surface area contributed by atoms with Crippen molar-refractivity contribution in [1.29, 1.82) is 0 Å². The number of benzene rings is 7. The highest BCUT2D eigenvalue weighted by molar-refractivity contribution is 7.26. The Morgan fingerprint density at radius 3 is 1.87 bits per heavy atom. The first-order valence-electron chi connectivity index (χ1n) is 17.4. The third kappa shape index (κ3) is 4.86. The number of nitrogens with zero attached hydrogens (tertiary/aromatic N) is 4. The molecule has 0 saturated carbocycles. The fourth-order valence-corrected chi connectivity index (χ4v) is 8.48. The standard InChI is InChI=1S/C46H26N4O2S/c1-3-12-27(13-4-1)28-22-24-30(25-23-28)46-47-42-36(52-46)26-38-40(32-17-8-10-21-37(32)53-38)41(42)45-49-43(29-14-5-2-6-15-29)48-44(50-45)33-18-11-20-35-39(33)31-16-7-9-19-34(31)51-35/h1-26H. The molecule has 0 saturated heterocycles. The molecule has 7 heteroatoms. The van der Waals surface area contributed by atoms with Crippen molar-refractivity contribution in [2.45, 2.75) is 0 Å². The van der Waals surface area contributed by atoms with E-state index in [0.717, 1.165) is 70.8 Å². The molecule has 0 bridgehead atoms. The van der Waals surface area contributed by atoms with Crippen LogP contribution in [0.2, 0.25) is 0 Å². The number of para-hydroxylation sites is 1.